The maximum atomic E-state index is 12.4. The Balaban J connectivity index is 2.02. The van der Waals surface area contributed by atoms with Gasteiger partial charge >= 0.3 is 5.97 Å². The summed E-state index contributed by atoms with van der Waals surface area (Å²) in [6.45, 7) is 3.10. The van der Waals surface area contributed by atoms with Crippen molar-refractivity contribution in [1.29, 1.82) is 0 Å². The standard InChI is InChI=1S/C15H19NO4/c1-10(15(18)19)12-7-16(8-12)14(17)13-6-4-3-5-11(13)9-20-2/h3-6,10,12H,7-9H2,1-2H3,(H,18,19). The van der Waals surface area contributed by atoms with Crippen molar-refractivity contribution in [1.82, 2.24) is 4.90 Å². The van der Waals surface area contributed by atoms with Gasteiger partial charge < -0.3 is 14.7 Å². The smallest absolute Gasteiger partial charge is 0.306 e. The molecule has 0 aromatic heterocycles. The van der Waals surface area contributed by atoms with E-state index in [0.717, 1.165) is 5.56 Å². The normalized spacial score (nSPS) is 16.6. The molecule has 0 radical (unpaired) electrons. The minimum atomic E-state index is -0.804. The molecular formula is C15H19NO4. The number of hydrogen-bond donors (Lipinski definition) is 1. The third kappa shape index (κ3) is 2.82. The number of likely N-dealkylation sites (tertiary alicyclic amines) is 1. The molecule has 1 fully saturated rings. The van der Waals surface area contributed by atoms with E-state index in [-0.39, 0.29) is 11.8 Å². The first kappa shape index (κ1) is 14.5. The molecule has 1 heterocycles. The number of rotatable bonds is 5. The van der Waals surface area contributed by atoms with Gasteiger partial charge in [0.15, 0.2) is 0 Å². The Morgan fingerprint density at radius 1 is 1.40 bits per heavy atom. The van der Waals surface area contributed by atoms with Crippen LogP contribution in [0.1, 0.15) is 22.8 Å². The summed E-state index contributed by atoms with van der Waals surface area (Å²) < 4.78 is 5.09. The number of benzene rings is 1. The van der Waals surface area contributed by atoms with Gasteiger partial charge in [-0.1, -0.05) is 25.1 Å². The van der Waals surface area contributed by atoms with E-state index in [1.54, 1.807) is 25.0 Å². The molecule has 0 aliphatic carbocycles. The van der Waals surface area contributed by atoms with E-state index in [0.29, 0.717) is 25.3 Å². The minimum absolute atomic E-state index is 0.0473. The number of methoxy groups -OCH3 is 1. The summed E-state index contributed by atoms with van der Waals surface area (Å²) in [5.74, 6) is -1.22. The Kier molecular flexibility index (Phi) is 4.39. The van der Waals surface area contributed by atoms with Crippen molar-refractivity contribution >= 4 is 11.9 Å². The predicted octanol–water partition coefficient (Wildman–Crippen LogP) is 1.63. The molecule has 1 atom stereocenters. The molecule has 108 valence electrons. The molecule has 5 nitrogen and oxygen atoms in total. The first-order valence-electron chi connectivity index (χ1n) is 6.63. The maximum Gasteiger partial charge on any atom is 0.306 e. The average Bonchev–Trinajstić information content (AvgIpc) is 2.37. The molecule has 1 N–H and O–H groups in total. The predicted molar refractivity (Wildman–Crippen MR) is 73.3 cm³/mol. The number of amides is 1. The highest BCUT2D eigenvalue weighted by Crippen LogP contribution is 2.26. The lowest BCUT2D eigenvalue weighted by Gasteiger charge is -2.41. The first-order chi connectivity index (χ1) is 9.54. The van der Waals surface area contributed by atoms with Crippen molar-refractivity contribution in [3.05, 3.63) is 35.4 Å². The van der Waals surface area contributed by atoms with Gasteiger partial charge in [0.25, 0.3) is 5.91 Å². The van der Waals surface area contributed by atoms with Crippen molar-refractivity contribution in [2.75, 3.05) is 20.2 Å². The molecule has 1 aromatic rings. The molecule has 2 rings (SSSR count). The molecule has 1 saturated heterocycles. The maximum absolute atomic E-state index is 12.4. The summed E-state index contributed by atoms with van der Waals surface area (Å²) in [5, 5.41) is 8.95. The van der Waals surface area contributed by atoms with Crippen LogP contribution in [0, 0.1) is 11.8 Å². The zero-order valence-electron chi connectivity index (χ0n) is 11.7. The fraction of sp³-hybridized carbons (Fsp3) is 0.467. The summed E-state index contributed by atoms with van der Waals surface area (Å²) in [6.07, 6.45) is 0. The van der Waals surface area contributed by atoms with Crippen LogP contribution in [0.2, 0.25) is 0 Å². The van der Waals surface area contributed by atoms with Gasteiger partial charge in [-0.05, 0) is 11.6 Å². The first-order valence-corrected chi connectivity index (χ1v) is 6.63. The lowest BCUT2D eigenvalue weighted by Crippen LogP contribution is -2.53. The molecule has 20 heavy (non-hydrogen) atoms. The third-order valence-electron chi connectivity index (χ3n) is 3.84. The molecular weight excluding hydrogens is 258 g/mol. The second kappa shape index (κ2) is 6.05. The van der Waals surface area contributed by atoms with Gasteiger partial charge in [0.2, 0.25) is 0 Å². The van der Waals surface area contributed by atoms with E-state index in [2.05, 4.69) is 0 Å². The summed E-state index contributed by atoms with van der Waals surface area (Å²) in [6, 6.07) is 7.35. The molecule has 0 bridgehead atoms. The highest BCUT2D eigenvalue weighted by molar-refractivity contribution is 5.96. The van der Waals surface area contributed by atoms with E-state index in [1.807, 2.05) is 18.2 Å². The highest BCUT2D eigenvalue weighted by Gasteiger charge is 2.37. The number of carboxylic acid groups (broad SMARTS) is 1. The average molecular weight is 277 g/mol. The second-order valence-corrected chi connectivity index (χ2v) is 5.19. The van der Waals surface area contributed by atoms with Gasteiger partial charge in [0.05, 0.1) is 12.5 Å². The quantitative estimate of drug-likeness (QED) is 0.888. The molecule has 1 amide bonds. The van der Waals surface area contributed by atoms with E-state index < -0.39 is 11.9 Å². The molecule has 0 spiro atoms. The van der Waals surface area contributed by atoms with Gasteiger partial charge in [0.1, 0.15) is 0 Å². The topological polar surface area (TPSA) is 66.8 Å². The van der Waals surface area contributed by atoms with E-state index in [4.69, 9.17) is 9.84 Å². The van der Waals surface area contributed by atoms with Gasteiger partial charge in [-0.25, -0.2) is 0 Å². The third-order valence-corrected chi connectivity index (χ3v) is 3.84. The van der Waals surface area contributed by atoms with Crippen molar-refractivity contribution in [2.45, 2.75) is 13.5 Å². The SMILES string of the molecule is COCc1ccccc1C(=O)N1CC(C(C)C(=O)O)C1. The molecule has 1 aliphatic rings. The number of ether oxygens (including phenoxy) is 1. The number of hydrogen-bond acceptors (Lipinski definition) is 3. The van der Waals surface area contributed by atoms with E-state index in [1.165, 1.54) is 0 Å². The van der Waals surface area contributed by atoms with Crippen LogP contribution < -0.4 is 0 Å². The van der Waals surface area contributed by atoms with Gasteiger partial charge in [-0.15, -0.1) is 0 Å². The number of carbonyl (C=O) groups is 2. The van der Waals surface area contributed by atoms with Crippen molar-refractivity contribution < 1.29 is 19.4 Å². The fourth-order valence-corrected chi connectivity index (χ4v) is 2.38. The van der Waals surface area contributed by atoms with Gasteiger partial charge in [-0.2, -0.15) is 0 Å². The van der Waals surface area contributed by atoms with Crippen molar-refractivity contribution in [2.24, 2.45) is 11.8 Å². The summed E-state index contributed by atoms with van der Waals surface area (Å²) in [5.41, 5.74) is 1.49. The van der Waals surface area contributed by atoms with Crippen LogP contribution in [0.25, 0.3) is 0 Å². The van der Waals surface area contributed by atoms with E-state index >= 15 is 0 Å². The Morgan fingerprint density at radius 2 is 2.05 bits per heavy atom. The Labute approximate surface area is 118 Å². The minimum Gasteiger partial charge on any atom is -0.481 e. The Morgan fingerprint density at radius 3 is 2.65 bits per heavy atom. The van der Waals surface area contributed by atoms with E-state index in [9.17, 15) is 9.59 Å². The van der Waals surface area contributed by atoms with Crippen LogP contribution in [0.4, 0.5) is 0 Å². The highest BCUT2D eigenvalue weighted by atomic mass is 16.5. The van der Waals surface area contributed by atoms with Crippen molar-refractivity contribution in [3.63, 3.8) is 0 Å². The largest absolute Gasteiger partial charge is 0.481 e. The molecule has 1 aliphatic heterocycles. The van der Waals surface area contributed by atoms with Crippen LogP contribution in [0.15, 0.2) is 24.3 Å². The summed E-state index contributed by atoms with van der Waals surface area (Å²) in [4.78, 5) is 25.0. The second-order valence-electron chi connectivity index (χ2n) is 5.19. The van der Waals surface area contributed by atoms with Crippen LogP contribution in [-0.4, -0.2) is 42.1 Å². The van der Waals surface area contributed by atoms with Crippen LogP contribution in [0.3, 0.4) is 0 Å². The lowest BCUT2D eigenvalue weighted by atomic mass is 9.86. The monoisotopic (exact) mass is 277 g/mol. The molecule has 1 unspecified atom stereocenters. The zero-order valence-corrected chi connectivity index (χ0v) is 11.7. The molecule has 1 aromatic carbocycles. The van der Waals surface area contributed by atoms with Crippen LogP contribution in [0.5, 0.6) is 0 Å². The number of carbonyl (C=O) groups excluding carboxylic acids is 1. The number of carboxylic acids is 1. The molecule has 0 saturated carbocycles. The molecule has 5 heteroatoms. The van der Waals surface area contributed by atoms with Crippen molar-refractivity contribution in [3.8, 4) is 0 Å². The Bertz CT molecular complexity index is 508. The summed E-state index contributed by atoms with van der Waals surface area (Å²) >= 11 is 0. The lowest BCUT2D eigenvalue weighted by molar-refractivity contribution is -0.144. The van der Waals surface area contributed by atoms with Gasteiger partial charge in [-0.3, -0.25) is 9.59 Å². The van der Waals surface area contributed by atoms with Crippen LogP contribution >= 0.6 is 0 Å². The Hall–Kier alpha value is -1.88. The summed E-state index contributed by atoms with van der Waals surface area (Å²) in [7, 11) is 1.59. The van der Waals surface area contributed by atoms with Crippen LogP contribution in [-0.2, 0) is 16.1 Å². The number of nitrogens with zero attached hydrogens (tertiary/aromatic N) is 1. The van der Waals surface area contributed by atoms with Gasteiger partial charge in [0, 0.05) is 31.7 Å². The number of aliphatic carboxylic acids is 1. The zero-order chi connectivity index (χ0) is 14.7. The fourth-order valence-electron chi connectivity index (χ4n) is 2.38.